The van der Waals surface area contributed by atoms with Gasteiger partial charge in [0.25, 0.3) is 5.56 Å². The molecule has 94 valence electrons. The van der Waals surface area contributed by atoms with Gasteiger partial charge in [0.15, 0.2) is 0 Å². The third-order valence-electron chi connectivity index (χ3n) is 2.48. The Bertz CT molecular complexity index is 455. The van der Waals surface area contributed by atoms with Gasteiger partial charge < -0.3 is 15.2 Å². The van der Waals surface area contributed by atoms with Crippen molar-refractivity contribution in [3.8, 4) is 0 Å². The zero-order valence-corrected chi connectivity index (χ0v) is 10.6. The van der Waals surface area contributed by atoms with Crippen LogP contribution < -0.4 is 15.8 Å². The third kappa shape index (κ3) is 3.58. The van der Waals surface area contributed by atoms with Crippen LogP contribution in [0.3, 0.4) is 0 Å². The van der Waals surface area contributed by atoms with Gasteiger partial charge in [-0.2, -0.15) is 0 Å². The maximum Gasteiger partial charge on any atom is 0.252 e. The first-order valence-corrected chi connectivity index (χ1v) is 5.44. The van der Waals surface area contributed by atoms with Crippen molar-refractivity contribution in [3.05, 3.63) is 22.2 Å². The topological polar surface area (TPSA) is 78.1 Å². The molecular formula is C11H18N4O2. The fraction of sp³-hybridized carbons (Fsp3) is 0.545. The van der Waals surface area contributed by atoms with Crippen molar-refractivity contribution in [3.63, 3.8) is 0 Å². The molecule has 6 nitrogen and oxygen atoms in total. The Morgan fingerprint density at radius 3 is 2.82 bits per heavy atom. The Balaban J connectivity index is 2.79. The van der Waals surface area contributed by atoms with Crippen LogP contribution in [0.25, 0.3) is 0 Å². The molecule has 1 unspecified atom stereocenters. The Morgan fingerprint density at radius 1 is 1.65 bits per heavy atom. The van der Waals surface area contributed by atoms with Gasteiger partial charge in [-0.15, -0.1) is 0 Å². The minimum atomic E-state index is -0.188. The van der Waals surface area contributed by atoms with Crippen LogP contribution in [-0.2, 0) is 4.79 Å². The van der Waals surface area contributed by atoms with Gasteiger partial charge in [-0.05, 0) is 6.92 Å². The minimum absolute atomic E-state index is 0.0292. The number of aromatic amines is 1. The summed E-state index contributed by atoms with van der Waals surface area (Å²) in [7, 11) is 3.41. The number of hydrogen-bond acceptors (Lipinski definition) is 4. The van der Waals surface area contributed by atoms with E-state index in [1.54, 1.807) is 25.9 Å². The number of amides is 1. The summed E-state index contributed by atoms with van der Waals surface area (Å²) < 4.78 is 0. The molecule has 0 aliphatic rings. The molecule has 1 aromatic heterocycles. The zero-order chi connectivity index (χ0) is 13.0. The summed E-state index contributed by atoms with van der Waals surface area (Å²) >= 11 is 0. The van der Waals surface area contributed by atoms with Gasteiger partial charge >= 0.3 is 0 Å². The number of nitrogens with one attached hydrogen (secondary N) is 2. The number of carbonyl (C=O) groups excluding carboxylic acids is 1. The normalized spacial score (nSPS) is 12.0. The SMILES string of the molecule is CNC(=O)C(C)CN(C)c1cc(=O)[nH]c(C)n1. The van der Waals surface area contributed by atoms with Crippen LogP contribution >= 0.6 is 0 Å². The Labute approximate surface area is 100 Å². The van der Waals surface area contributed by atoms with Gasteiger partial charge in [-0.25, -0.2) is 4.98 Å². The number of anilines is 1. The van der Waals surface area contributed by atoms with Gasteiger partial charge in [0.2, 0.25) is 5.91 Å². The number of H-pyrrole nitrogens is 1. The van der Waals surface area contributed by atoms with E-state index in [0.29, 0.717) is 18.2 Å². The molecule has 1 aromatic rings. The summed E-state index contributed by atoms with van der Waals surface area (Å²) in [5.74, 6) is 0.943. The van der Waals surface area contributed by atoms with Crippen molar-refractivity contribution < 1.29 is 4.79 Å². The molecule has 1 heterocycles. The lowest BCUT2D eigenvalue weighted by atomic mass is 10.1. The first-order valence-electron chi connectivity index (χ1n) is 5.44. The molecule has 0 bridgehead atoms. The Morgan fingerprint density at radius 2 is 2.29 bits per heavy atom. The van der Waals surface area contributed by atoms with Crippen LogP contribution in [0.2, 0.25) is 0 Å². The van der Waals surface area contributed by atoms with E-state index in [1.807, 2.05) is 6.92 Å². The van der Waals surface area contributed by atoms with E-state index in [0.717, 1.165) is 0 Å². The van der Waals surface area contributed by atoms with Crippen molar-refractivity contribution in [2.45, 2.75) is 13.8 Å². The van der Waals surface area contributed by atoms with Gasteiger partial charge in [0, 0.05) is 26.7 Å². The summed E-state index contributed by atoms with van der Waals surface area (Å²) in [5.41, 5.74) is -0.188. The van der Waals surface area contributed by atoms with E-state index in [2.05, 4.69) is 15.3 Å². The van der Waals surface area contributed by atoms with Crippen LogP contribution in [0.4, 0.5) is 5.82 Å². The fourth-order valence-electron chi connectivity index (χ4n) is 1.59. The fourth-order valence-corrected chi connectivity index (χ4v) is 1.59. The summed E-state index contributed by atoms with van der Waals surface area (Å²) in [6.45, 7) is 4.06. The van der Waals surface area contributed by atoms with Crippen molar-refractivity contribution >= 4 is 11.7 Å². The lowest BCUT2D eigenvalue weighted by Crippen LogP contribution is -2.35. The highest BCUT2D eigenvalue weighted by molar-refractivity contribution is 5.78. The summed E-state index contributed by atoms with van der Waals surface area (Å²) in [6.07, 6.45) is 0. The maximum absolute atomic E-state index is 11.4. The van der Waals surface area contributed by atoms with Crippen molar-refractivity contribution in [1.29, 1.82) is 0 Å². The monoisotopic (exact) mass is 238 g/mol. The summed E-state index contributed by atoms with van der Waals surface area (Å²) in [5, 5.41) is 2.59. The molecule has 1 rings (SSSR count). The molecular weight excluding hydrogens is 220 g/mol. The molecule has 0 aliphatic heterocycles. The van der Waals surface area contributed by atoms with E-state index < -0.39 is 0 Å². The second-order valence-electron chi connectivity index (χ2n) is 4.08. The van der Waals surface area contributed by atoms with Crippen molar-refractivity contribution in [2.75, 3.05) is 25.5 Å². The number of rotatable bonds is 4. The van der Waals surface area contributed by atoms with Gasteiger partial charge in [-0.1, -0.05) is 6.92 Å². The Hall–Kier alpha value is -1.85. The second kappa shape index (κ2) is 5.47. The standard InChI is InChI=1S/C11H18N4O2/c1-7(11(17)12-3)6-15(4)9-5-10(16)14-8(2)13-9/h5,7H,6H2,1-4H3,(H,12,17)(H,13,14,16). The molecule has 0 fully saturated rings. The molecule has 0 radical (unpaired) electrons. The molecule has 2 N–H and O–H groups in total. The highest BCUT2D eigenvalue weighted by atomic mass is 16.1. The van der Waals surface area contributed by atoms with E-state index >= 15 is 0 Å². The number of nitrogens with zero attached hydrogens (tertiary/aromatic N) is 2. The van der Waals surface area contributed by atoms with Crippen LogP contribution in [0.1, 0.15) is 12.7 Å². The van der Waals surface area contributed by atoms with Gasteiger partial charge in [0.05, 0.1) is 5.92 Å². The Kier molecular flexibility index (Phi) is 4.25. The smallest absolute Gasteiger partial charge is 0.252 e. The molecule has 0 aromatic carbocycles. The molecule has 1 atom stereocenters. The second-order valence-corrected chi connectivity index (χ2v) is 4.08. The average Bonchev–Trinajstić information content (AvgIpc) is 2.26. The lowest BCUT2D eigenvalue weighted by Gasteiger charge is -2.21. The molecule has 17 heavy (non-hydrogen) atoms. The van der Waals surface area contributed by atoms with Crippen LogP contribution in [-0.4, -0.2) is 36.5 Å². The number of aryl methyl sites for hydroxylation is 1. The molecule has 0 saturated heterocycles. The van der Waals surface area contributed by atoms with Gasteiger partial charge in [0.1, 0.15) is 11.6 Å². The predicted octanol–water partition coefficient (Wildman–Crippen LogP) is -0.103. The van der Waals surface area contributed by atoms with Crippen molar-refractivity contribution in [1.82, 2.24) is 15.3 Å². The zero-order valence-electron chi connectivity index (χ0n) is 10.6. The molecule has 0 saturated carbocycles. The first kappa shape index (κ1) is 13.2. The number of carbonyl (C=O) groups is 1. The highest BCUT2D eigenvalue weighted by Crippen LogP contribution is 2.08. The van der Waals surface area contributed by atoms with Crippen molar-refractivity contribution in [2.24, 2.45) is 5.92 Å². The van der Waals surface area contributed by atoms with E-state index in [1.165, 1.54) is 6.07 Å². The van der Waals surface area contributed by atoms with E-state index in [-0.39, 0.29) is 17.4 Å². The molecule has 6 heteroatoms. The number of hydrogen-bond donors (Lipinski definition) is 2. The minimum Gasteiger partial charge on any atom is -0.359 e. The van der Waals surface area contributed by atoms with Gasteiger partial charge in [-0.3, -0.25) is 9.59 Å². The van der Waals surface area contributed by atoms with E-state index in [4.69, 9.17) is 0 Å². The lowest BCUT2D eigenvalue weighted by molar-refractivity contribution is -0.123. The number of aromatic nitrogens is 2. The quantitative estimate of drug-likeness (QED) is 0.767. The van der Waals surface area contributed by atoms with Crippen LogP contribution in [0, 0.1) is 12.8 Å². The summed E-state index contributed by atoms with van der Waals surface area (Å²) in [6, 6.07) is 1.42. The molecule has 1 amide bonds. The maximum atomic E-state index is 11.4. The van der Waals surface area contributed by atoms with E-state index in [9.17, 15) is 9.59 Å². The predicted molar refractivity (Wildman–Crippen MR) is 66.1 cm³/mol. The largest absolute Gasteiger partial charge is 0.359 e. The average molecular weight is 238 g/mol. The molecule has 0 aliphatic carbocycles. The van der Waals surface area contributed by atoms with Crippen LogP contribution in [0.5, 0.6) is 0 Å². The molecule has 0 spiro atoms. The first-order chi connectivity index (χ1) is 7.93. The third-order valence-corrected chi connectivity index (χ3v) is 2.48. The highest BCUT2D eigenvalue weighted by Gasteiger charge is 2.14. The summed E-state index contributed by atoms with van der Waals surface area (Å²) in [4.78, 5) is 31.3. The van der Waals surface area contributed by atoms with Crippen LogP contribution in [0.15, 0.2) is 10.9 Å².